The minimum Gasteiger partial charge on any atom is -0.497 e. The molecule has 2 aromatic rings. The third-order valence-electron chi connectivity index (χ3n) is 3.49. The van der Waals surface area contributed by atoms with Gasteiger partial charge >= 0.3 is 0 Å². The molecule has 2 heteroatoms. The van der Waals surface area contributed by atoms with Gasteiger partial charge in [-0.25, -0.2) is 0 Å². The highest BCUT2D eigenvalue weighted by molar-refractivity contribution is 5.76. The molecule has 0 fully saturated rings. The highest BCUT2D eigenvalue weighted by atomic mass is 16.5. The minimum atomic E-state index is 0.527. The molecule has 1 aliphatic heterocycles. The van der Waals surface area contributed by atoms with E-state index in [0.29, 0.717) is 6.04 Å². The number of hydrogen-bond donors (Lipinski definition) is 1. The predicted octanol–water partition coefficient (Wildman–Crippen LogP) is 3.72. The summed E-state index contributed by atoms with van der Waals surface area (Å²) in [4.78, 5) is 0. The first-order chi connectivity index (χ1) is 8.78. The number of anilines is 1. The second-order valence-corrected chi connectivity index (χ2v) is 4.81. The third-order valence-corrected chi connectivity index (χ3v) is 3.49. The molecule has 0 bridgehead atoms. The summed E-state index contributed by atoms with van der Waals surface area (Å²) in [7, 11) is 1.70. The largest absolute Gasteiger partial charge is 0.497 e. The SMILES string of the molecule is COc1ccc(-c2cccc3c2CC(C)N3)cc1. The number of ether oxygens (including phenoxy) is 1. The van der Waals surface area contributed by atoms with E-state index in [0.717, 1.165) is 12.2 Å². The maximum atomic E-state index is 5.20. The van der Waals surface area contributed by atoms with Crippen molar-refractivity contribution in [2.75, 3.05) is 12.4 Å². The van der Waals surface area contributed by atoms with Gasteiger partial charge in [-0.2, -0.15) is 0 Å². The standard InChI is InChI=1S/C16H17NO/c1-11-10-15-14(4-3-5-16(15)17-11)12-6-8-13(18-2)9-7-12/h3-9,11,17H,10H2,1-2H3. The first kappa shape index (κ1) is 11.1. The maximum absolute atomic E-state index is 5.20. The van der Waals surface area contributed by atoms with Gasteiger partial charge in [-0.1, -0.05) is 24.3 Å². The second kappa shape index (κ2) is 4.37. The number of fused-ring (bicyclic) bond motifs is 1. The molecule has 1 N–H and O–H groups in total. The van der Waals surface area contributed by atoms with Gasteiger partial charge in [-0.15, -0.1) is 0 Å². The van der Waals surface area contributed by atoms with Crippen LogP contribution in [0.25, 0.3) is 11.1 Å². The Morgan fingerprint density at radius 2 is 1.89 bits per heavy atom. The van der Waals surface area contributed by atoms with Gasteiger partial charge in [0.1, 0.15) is 5.75 Å². The lowest BCUT2D eigenvalue weighted by Crippen LogP contribution is -2.08. The molecule has 1 heterocycles. The number of nitrogens with one attached hydrogen (secondary N) is 1. The van der Waals surface area contributed by atoms with E-state index in [1.165, 1.54) is 22.4 Å². The predicted molar refractivity (Wildman–Crippen MR) is 75.2 cm³/mol. The van der Waals surface area contributed by atoms with Crippen molar-refractivity contribution in [1.29, 1.82) is 0 Å². The highest BCUT2D eigenvalue weighted by Crippen LogP contribution is 2.35. The van der Waals surface area contributed by atoms with Crippen molar-refractivity contribution in [2.45, 2.75) is 19.4 Å². The van der Waals surface area contributed by atoms with Crippen molar-refractivity contribution < 1.29 is 4.74 Å². The molecule has 0 saturated heterocycles. The molecule has 0 radical (unpaired) electrons. The zero-order chi connectivity index (χ0) is 12.5. The molecular formula is C16H17NO. The van der Waals surface area contributed by atoms with Gasteiger partial charge in [0, 0.05) is 11.7 Å². The first-order valence-electron chi connectivity index (χ1n) is 6.31. The summed E-state index contributed by atoms with van der Waals surface area (Å²) in [6, 6.07) is 15.3. The van der Waals surface area contributed by atoms with Gasteiger partial charge < -0.3 is 10.1 Å². The van der Waals surface area contributed by atoms with E-state index in [1.54, 1.807) is 7.11 Å². The molecule has 92 valence electrons. The number of methoxy groups -OCH3 is 1. The van der Waals surface area contributed by atoms with E-state index in [2.05, 4.69) is 42.6 Å². The molecule has 1 unspecified atom stereocenters. The molecule has 0 spiro atoms. The average Bonchev–Trinajstić information content (AvgIpc) is 2.79. The van der Waals surface area contributed by atoms with E-state index in [9.17, 15) is 0 Å². The summed E-state index contributed by atoms with van der Waals surface area (Å²) in [5.74, 6) is 0.901. The normalized spacial score (nSPS) is 17.1. The quantitative estimate of drug-likeness (QED) is 0.862. The van der Waals surface area contributed by atoms with E-state index >= 15 is 0 Å². The Bertz CT molecular complexity index is 560. The Balaban J connectivity index is 2.04. The molecule has 0 aromatic heterocycles. The fourth-order valence-corrected chi connectivity index (χ4v) is 2.61. The Morgan fingerprint density at radius 3 is 2.61 bits per heavy atom. The van der Waals surface area contributed by atoms with Crippen LogP contribution in [0.5, 0.6) is 5.75 Å². The summed E-state index contributed by atoms with van der Waals surface area (Å²) in [6.07, 6.45) is 1.09. The molecule has 0 amide bonds. The van der Waals surface area contributed by atoms with Gasteiger partial charge in [-0.05, 0) is 48.2 Å². The Morgan fingerprint density at radius 1 is 1.11 bits per heavy atom. The highest BCUT2D eigenvalue weighted by Gasteiger charge is 2.19. The van der Waals surface area contributed by atoms with E-state index in [-0.39, 0.29) is 0 Å². The van der Waals surface area contributed by atoms with Crippen molar-refractivity contribution in [1.82, 2.24) is 0 Å². The van der Waals surface area contributed by atoms with Crippen LogP contribution in [0.3, 0.4) is 0 Å². The van der Waals surface area contributed by atoms with Crippen LogP contribution in [-0.4, -0.2) is 13.2 Å². The van der Waals surface area contributed by atoms with Gasteiger partial charge in [0.15, 0.2) is 0 Å². The van der Waals surface area contributed by atoms with Crippen LogP contribution in [-0.2, 0) is 6.42 Å². The Hall–Kier alpha value is -1.96. The zero-order valence-electron chi connectivity index (χ0n) is 10.7. The number of hydrogen-bond acceptors (Lipinski definition) is 2. The van der Waals surface area contributed by atoms with E-state index in [4.69, 9.17) is 4.74 Å². The molecule has 0 aliphatic carbocycles. The maximum Gasteiger partial charge on any atom is 0.118 e. The zero-order valence-corrected chi connectivity index (χ0v) is 10.7. The topological polar surface area (TPSA) is 21.3 Å². The fourth-order valence-electron chi connectivity index (χ4n) is 2.61. The van der Waals surface area contributed by atoms with Crippen molar-refractivity contribution in [3.05, 3.63) is 48.0 Å². The van der Waals surface area contributed by atoms with Crippen LogP contribution in [0.2, 0.25) is 0 Å². The fraction of sp³-hybridized carbons (Fsp3) is 0.250. The van der Waals surface area contributed by atoms with Crippen molar-refractivity contribution >= 4 is 5.69 Å². The first-order valence-corrected chi connectivity index (χ1v) is 6.31. The molecule has 0 saturated carbocycles. The smallest absolute Gasteiger partial charge is 0.118 e. The molecule has 1 atom stereocenters. The minimum absolute atomic E-state index is 0.527. The van der Waals surface area contributed by atoms with Gasteiger partial charge in [0.05, 0.1) is 7.11 Å². The monoisotopic (exact) mass is 239 g/mol. The molecule has 1 aliphatic rings. The van der Waals surface area contributed by atoms with Gasteiger partial charge in [-0.3, -0.25) is 0 Å². The summed E-state index contributed by atoms with van der Waals surface area (Å²) in [6.45, 7) is 2.22. The van der Waals surface area contributed by atoms with Gasteiger partial charge in [0.2, 0.25) is 0 Å². The number of rotatable bonds is 2. The van der Waals surface area contributed by atoms with E-state index < -0.39 is 0 Å². The third kappa shape index (κ3) is 1.84. The molecule has 3 rings (SSSR count). The number of benzene rings is 2. The van der Waals surface area contributed by atoms with Crippen molar-refractivity contribution in [3.8, 4) is 16.9 Å². The summed E-state index contributed by atoms with van der Waals surface area (Å²) >= 11 is 0. The Kier molecular flexibility index (Phi) is 2.71. The summed E-state index contributed by atoms with van der Waals surface area (Å²) in [5, 5.41) is 3.51. The van der Waals surface area contributed by atoms with Crippen LogP contribution in [0.15, 0.2) is 42.5 Å². The lowest BCUT2D eigenvalue weighted by Gasteiger charge is -2.08. The molecule has 2 aromatic carbocycles. The Labute approximate surface area is 108 Å². The molecule has 18 heavy (non-hydrogen) atoms. The van der Waals surface area contributed by atoms with Gasteiger partial charge in [0.25, 0.3) is 0 Å². The van der Waals surface area contributed by atoms with Crippen molar-refractivity contribution in [2.24, 2.45) is 0 Å². The molecule has 2 nitrogen and oxygen atoms in total. The van der Waals surface area contributed by atoms with Crippen LogP contribution in [0.4, 0.5) is 5.69 Å². The summed E-state index contributed by atoms with van der Waals surface area (Å²) < 4.78 is 5.20. The van der Waals surface area contributed by atoms with Crippen molar-refractivity contribution in [3.63, 3.8) is 0 Å². The van der Waals surface area contributed by atoms with E-state index in [1.807, 2.05) is 12.1 Å². The van der Waals surface area contributed by atoms with Crippen LogP contribution in [0.1, 0.15) is 12.5 Å². The van der Waals surface area contributed by atoms with Crippen LogP contribution >= 0.6 is 0 Å². The average molecular weight is 239 g/mol. The lowest BCUT2D eigenvalue weighted by molar-refractivity contribution is 0.415. The second-order valence-electron chi connectivity index (χ2n) is 4.81. The van der Waals surface area contributed by atoms with Crippen LogP contribution in [0, 0.1) is 0 Å². The summed E-state index contributed by atoms with van der Waals surface area (Å²) in [5.41, 5.74) is 5.28. The lowest BCUT2D eigenvalue weighted by atomic mass is 9.97. The van der Waals surface area contributed by atoms with Crippen LogP contribution < -0.4 is 10.1 Å². The molecular weight excluding hydrogens is 222 g/mol.